The van der Waals surface area contributed by atoms with E-state index in [-0.39, 0.29) is 24.5 Å². The van der Waals surface area contributed by atoms with E-state index in [1.807, 2.05) is 50.2 Å². The van der Waals surface area contributed by atoms with E-state index in [0.717, 1.165) is 9.13 Å². The molecule has 0 aliphatic rings. The van der Waals surface area contributed by atoms with Crippen LogP contribution in [0.15, 0.2) is 48.5 Å². The summed E-state index contributed by atoms with van der Waals surface area (Å²) in [6, 6.07) is 14.0. The van der Waals surface area contributed by atoms with Crippen molar-refractivity contribution >= 4 is 46.0 Å². The van der Waals surface area contributed by atoms with Crippen LogP contribution in [0.25, 0.3) is 0 Å². The van der Waals surface area contributed by atoms with Crippen LogP contribution in [0.4, 0.5) is 0 Å². The Morgan fingerprint density at radius 3 is 2.25 bits per heavy atom. The lowest BCUT2D eigenvalue weighted by molar-refractivity contribution is -0.142. The highest BCUT2D eigenvalue weighted by atomic mass is 127. The first-order valence-electron chi connectivity index (χ1n) is 8.99. The van der Waals surface area contributed by atoms with Gasteiger partial charge in [0.15, 0.2) is 6.61 Å². The third kappa shape index (κ3) is 6.98. The standard InChI is InChI=1S/C21H24ClIN2O3/c1-14(2)24-21(27)15(3)25(12-16-4-6-17(22)7-5-16)20(26)13-28-19-10-8-18(23)9-11-19/h4-11,14-15H,12-13H2,1-3H3,(H,24,27)/t15-/m0/s1. The summed E-state index contributed by atoms with van der Waals surface area (Å²) in [5.41, 5.74) is 0.885. The van der Waals surface area contributed by atoms with Crippen LogP contribution >= 0.6 is 34.2 Å². The zero-order chi connectivity index (χ0) is 20.7. The number of carbonyl (C=O) groups is 2. The van der Waals surface area contributed by atoms with E-state index in [1.165, 1.54) is 4.90 Å². The van der Waals surface area contributed by atoms with E-state index in [1.54, 1.807) is 19.1 Å². The minimum absolute atomic E-state index is 0.00882. The number of ether oxygens (including phenoxy) is 1. The lowest BCUT2D eigenvalue weighted by Crippen LogP contribution is -2.50. The van der Waals surface area contributed by atoms with Gasteiger partial charge < -0.3 is 15.0 Å². The zero-order valence-corrected chi connectivity index (χ0v) is 19.0. The summed E-state index contributed by atoms with van der Waals surface area (Å²) in [5, 5.41) is 3.48. The van der Waals surface area contributed by atoms with Crippen molar-refractivity contribution in [3.63, 3.8) is 0 Å². The fourth-order valence-electron chi connectivity index (χ4n) is 2.53. The Morgan fingerprint density at radius 2 is 1.68 bits per heavy atom. The second-order valence-corrected chi connectivity index (χ2v) is 8.41. The molecule has 5 nitrogen and oxygen atoms in total. The smallest absolute Gasteiger partial charge is 0.261 e. The van der Waals surface area contributed by atoms with Crippen LogP contribution < -0.4 is 10.1 Å². The molecule has 0 aromatic heterocycles. The number of rotatable bonds is 8. The highest BCUT2D eigenvalue weighted by molar-refractivity contribution is 14.1. The van der Waals surface area contributed by atoms with Gasteiger partial charge in [0.2, 0.25) is 5.91 Å². The van der Waals surface area contributed by atoms with Gasteiger partial charge in [0.1, 0.15) is 11.8 Å². The number of halogens is 2. The van der Waals surface area contributed by atoms with E-state index in [9.17, 15) is 9.59 Å². The summed E-state index contributed by atoms with van der Waals surface area (Å²) >= 11 is 8.15. The van der Waals surface area contributed by atoms with Crippen molar-refractivity contribution in [3.05, 3.63) is 62.7 Å². The first-order valence-corrected chi connectivity index (χ1v) is 10.4. The second kappa shape index (κ2) is 10.7. The molecule has 0 spiro atoms. The summed E-state index contributed by atoms with van der Waals surface area (Å²) in [6.07, 6.45) is 0. The van der Waals surface area contributed by atoms with Crippen LogP contribution in [-0.2, 0) is 16.1 Å². The molecule has 150 valence electrons. The summed E-state index contributed by atoms with van der Waals surface area (Å²) in [7, 11) is 0. The molecule has 0 aliphatic carbocycles. The van der Waals surface area contributed by atoms with Crippen molar-refractivity contribution in [2.45, 2.75) is 39.4 Å². The number of amides is 2. The number of benzene rings is 2. The molecule has 0 unspecified atom stereocenters. The largest absolute Gasteiger partial charge is 0.484 e. The van der Waals surface area contributed by atoms with Gasteiger partial charge in [-0.2, -0.15) is 0 Å². The third-order valence-corrected chi connectivity index (χ3v) is 5.01. The molecule has 2 aromatic rings. The third-order valence-electron chi connectivity index (χ3n) is 4.04. The molecule has 7 heteroatoms. The van der Waals surface area contributed by atoms with E-state index >= 15 is 0 Å². The van der Waals surface area contributed by atoms with Gasteiger partial charge in [0, 0.05) is 21.2 Å². The first-order chi connectivity index (χ1) is 13.3. The Bertz CT molecular complexity index is 794. The highest BCUT2D eigenvalue weighted by Gasteiger charge is 2.26. The summed E-state index contributed by atoms with van der Waals surface area (Å²) < 4.78 is 6.71. The molecule has 0 aliphatic heterocycles. The summed E-state index contributed by atoms with van der Waals surface area (Å²) in [5.74, 6) is 0.144. The van der Waals surface area contributed by atoms with Crippen molar-refractivity contribution in [2.24, 2.45) is 0 Å². The molecule has 2 aromatic carbocycles. The van der Waals surface area contributed by atoms with Crippen LogP contribution in [-0.4, -0.2) is 35.4 Å². The topological polar surface area (TPSA) is 58.6 Å². The Balaban J connectivity index is 2.12. The Labute approximate surface area is 184 Å². The van der Waals surface area contributed by atoms with Gasteiger partial charge in [-0.25, -0.2) is 0 Å². The molecule has 0 bridgehead atoms. The van der Waals surface area contributed by atoms with Crippen LogP contribution in [0.1, 0.15) is 26.3 Å². The summed E-state index contributed by atoms with van der Waals surface area (Å²) in [4.78, 5) is 26.9. The maximum atomic E-state index is 12.9. The van der Waals surface area contributed by atoms with Gasteiger partial charge in [-0.15, -0.1) is 0 Å². The highest BCUT2D eigenvalue weighted by Crippen LogP contribution is 2.16. The Hall–Kier alpha value is -1.80. The molecular formula is C21H24ClIN2O3. The van der Waals surface area contributed by atoms with Gasteiger partial charge in [0.05, 0.1) is 0 Å². The first kappa shape index (κ1) is 22.5. The predicted octanol–water partition coefficient (Wildman–Crippen LogP) is 4.27. The lowest BCUT2D eigenvalue weighted by atomic mass is 10.1. The van der Waals surface area contributed by atoms with Gasteiger partial charge in [-0.3, -0.25) is 9.59 Å². The van der Waals surface area contributed by atoms with Crippen molar-refractivity contribution in [2.75, 3.05) is 6.61 Å². The molecule has 2 amide bonds. The molecule has 2 rings (SSSR count). The van der Waals surface area contributed by atoms with Crippen LogP contribution in [0, 0.1) is 3.57 Å². The number of hydrogen-bond donors (Lipinski definition) is 1. The molecule has 0 heterocycles. The monoisotopic (exact) mass is 514 g/mol. The molecule has 0 saturated heterocycles. The lowest BCUT2D eigenvalue weighted by Gasteiger charge is -2.29. The van der Waals surface area contributed by atoms with Crippen LogP contribution in [0.2, 0.25) is 5.02 Å². The molecule has 0 saturated carbocycles. The fraction of sp³-hybridized carbons (Fsp3) is 0.333. The number of nitrogens with one attached hydrogen (secondary N) is 1. The maximum absolute atomic E-state index is 12.9. The Morgan fingerprint density at radius 1 is 1.07 bits per heavy atom. The molecular weight excluding hydrogens is 491 g/mol. The van der Waals surface area contributed by atoms with Crippen LogP contribution in [0.3, 0.4) is 0 Å². The fourth-order valence-corrected chi connectivity index (χ4v) is 3.02. The number of carbonyl (C=O) groups excluding carboxylic acids is 2. The van der Waals surface area contributed by atoms with Crippen molar-refractivity contribution in [3.8, 4) is 5.75 Å². The van der Waals surface area contributed by atoms with Gasteiger partial charge >= 0.3 is 0 Å². The van der Waals surface area contributed by atoms with Gasteiger partial charge in [0.25, 0.3) is 5.91 Å². The van der Waals surface area contributed by atoms with Crippen molar-refractivity contribution in [1.82, 2.24) is 10.2 Å². The van der Waals surface area contributed by atoms with Gasteiger partial charge in [-0.05, 0) is 85.3 Å². The van der Waals surface area contributed by atoms with E-state index in [4.69, 9.17) is 16.3 Å². The number of hydrogen-bond acceptors (Lipinski definition) is 3. The van der Waals surface area contributed by atoms with Gasteiger partial charge in [-0.1, -0.05) is 23.7 Å². The summed E-state index contributed by atoms with van der Waals surface area (Å²) in [6.45, 7) is 5.63. The van der Waals surface area contributed by atoms with E-state index in [0.29, 0.717) is 17.3 Å². The predicted molar refractivity (Wildman–Crippen MR) is 119 cm³/mol. The maximum Gasteiger partial charge on any atom is 0.261 e. The second-order valence-electron chi connectivity index (χ2n) is 6.73. The SMILES string of the molecule is CC(C)NC(=O)[C@H](C)N(Cc1ccc(Cl)cc1)C(=O)COc1ccc(I)cc1. The molecule has 0 radical (unpaired) electrons. The quantitative estimate of drug-likeness (QED) is 0.536. The van der Waals surface area contributed by atoms with Crippen molar-refractivity contribution in [1.29, 1.82) is 0 Å². The minimum atomic E-state index is -0.633. The average molecular weight is 515 g/mol. The molecule has 1 atom stereocenters. The van der Waals surface area contributed by atoms with Crippen LogP contribution in [0.5, 0.6) is 5.75 Å². The molecule has 28 heavy (non-hydrogen) atoms. The van der Waals surface area contributed by atoms with Crippen molar-refractivity contribution < 1.29 is 14.3 Å². The number of nitrogens with zero attached hydrogens (tertiary/aromatic N) is 1. The minimum Gasteiger partial charge on any atom is -0.484 e. The normalized spacial score (nSPS) is 11.8. The van der Waals surface area contributed by atoms with E-state index < -0.39 is 6.04 Å². The molecule has 0 fully saturated rings. The Kier molecular flexibility index (Phi) is 8.57. The zero-order valence-electron chi connectivity index (χ0n) is 16.1. The average Bonchev–Trinajstić information content (AvgIpc) is 2.65. The molecule has 1 N–H and O–H groups in total. The van der Waals surface area contributed by atoms with E-state index in [2.05, 4.69) is 27.9 Å².